The number of thiazole rings is 1. The Morgan fingerprint density at radius 3 is 3.19 bits per heavy atom. The Hall–Kier alpha value is -1.18. The van der Waals surface area contributed by atoms with Crippen LogP contribution in [0.2, 0.25) is 0 Å². The topological polar surface area (TPSA) is 80.7 Å². The highest BCUT2D eigenvalue weighted by molar-refractivity contribution is 7.17. The Balaban J connectivity index is 1.81. The lowest BCUT2D eigenvalue weighted by atomic mass is 10.3. The van der Waals surface area contributed by atoms with Gasteiger partial charge < -0.3 is 19.9 Å². The predicted octanol–water partition coefficient (Wildman–Crippen LogP) is 0.669. The molecule has 2 N–H and O–H groups in total. The number of nitrogens with zero attached hydrogens (tertiary/aromatic N) is 1. The van der Waals surface area contributed by atoms with Crippen molar-refractivity contribution in [3.8, 4) is 0 Å². The normalized spacial score (nSPS) is 20.6. The highest BCUT2D eigenvalue weighted by atomic mass is 32.1. The van der Waals surface area contributed by atoms with Crippen molar-refractivity contribution in [3.05, 3.63) is 11.1 Å². The van der Waals surface area contributed by atoms with Gasteiger partial charge in [-0.15, -0.1) is 0 Å². The zero-order chi connectivity index (χ0) is 11.4. The van der Waals surface area contributed by atoms with E-state index in [1.54, 1.807) is 0 Å². The summed E-state index contributed by atoms with van der Waals surface area (Å²) >= 11 is 1.11. The lowest BCUT2D eigenvalue weighted by molar-refractivity contribution is -0.0818. The summed E-state index contributed by atoms with van der Waals surface area (Å²) in [4.78, 5) is 14.8. The summed E-state index contributed by atoms with van der Waals surface area (Å²) in [7, 11) is 0. The molecular weight excluding hydrogens is 232 g/mol. The molecule has 0 bridgehead atoms. The maximum Gasteiger partial charge on any atom is 0.347 e. The quantitative estimate of drug-likeness (QED) is 0.810. The van der Waals surface area contributed by atoms with Gasteiger partial charge in [0, 0.05) is 6.54 Å². The minimum Gasteiger partial charge on any atom is -0.477 e. The number of aromatic nitrogens is 1. The van der Waals surface area contributed by atoms with Crippen LogP contribution in [0.25, 0.3) is 0 Å². The molecule has 88 valence electrons. The van der Waals surface area contributed by atoms with E-state index < -0.39 is 5.97 Å². The molecule has 0 spiro atoms. The van der Waals surface area contributed by atoms with E-state index >= 15 is 0 Å². The third kappa shape index (κ3) is 2.91. The molecule has 2 heterocycles. The molecule has 1 fully saturated rings. The fourth-order valence-corrected chi connectivity index (χ4v) is 1.97. The van der Waals surface area contributed by atoms with Crippen LogP contribution < -0.4 is 5.32 Å². The highest BCUT2D eigenvalue weighted by Gasteiger charge is 2.15. The second-order valence-corrected chi connectivity index (χ2v) is 4.31. The van der Waals surface area contributed by atoms with Crippen molar-refractivity contribution in [2.45, 2.75) is 6.10 Å². The second kappa shape index (κ2) is 5.24. The molecule has 1 saturated heterocycles. The molecule has 1 unspecified atom stereocenters. The van der Waals surface area contributed by atoms with Crippen molar-refractivity contribution in [3.63, 3.8) is 0 Å². The van der Waals surface area contributed by atoms with Crippen LogP contribution in [-0.2, 0) is 9.47 Å². The monoisotopic (exact) mass is 244 g/mol. The molecule has 0 amide bonds. The van der Waals surface area contributed by atoms with E-state index in [0.717, 1.165) is 11.3 Å². The van der Waals surface area contributed by atoms with Gasteiger partial charge in [-0.2, -0.15) is 0 Å². The number of carboxylic acids is 1. The van der Waals surface area contributed by atoms with Gasteiger partial charge in [-0.05, 0) is 0 Å². The number of hydrogen-bond acceptors (Lipinski definition) is 6. The summed E-state index contributed by atoms with van der Waals surface area (Å²) in [5.74, 6) is -0.956. The number of ether oxygens (including phenoxy) is 2. The molecule has 7 heteroatoms. The zero-order valence-corrected chi connectivity index (χ0v) is 9.33. The van der Waals surface area contributed by atoms with Crippen LogP contribution in [0.3, 0.4) is 0 Å². The number of carbonyl (C=O) groups is 1. The lowest BCUT2D eigenvalue weighted by Crippen LogP contribution is -2.34. The van der Waals surface area contributed by atoms with Crippen molar-refractivity contribution in [1.82, 2.24) is 4.98 Å². The molecule has 0 aromatic carbocycles. The lowest BCUT2D eigenvalue weighted by Gasteiger charge is -2.22. The van der Waals surface area contributed by atoms with Gasteiger partial charge in [0.2, 0.25) is 0 Å². The first-order valence-electron chi connectivity index (χ1n) is 4.88. The Morgan fingerprint density at radius 1 is 1.69 bits per heavy atom. The average Bonchev–Trinajstić information content (AvgIpc) is 2.76. The Kier molecular flexibility index (Phi) is 3.70. The SMILES string of the molecule is O=C(O)c1cnc(NCC2COCCO2)s1. The largest absolute Gasteiger partial charge is 0.477 e. The standard InChI is InChI=1S/C9H12N2O4S/c12-8(13)7-4-11-9(16-7)10-3-6-5-14-1-2-15-6/h4,6H,1-3,5H2,(H,10,11)(H,12,13). The van der Waals surface area contributed by atoms with E-state index in [2.05, 4.69) is 10.3 Å². The summed E-state index contributed by atoms with van der Waals surface area (Å²) in [6, 6.07) is 0. The molecule has 16 heavy (non-hydrogen) atoms. The van der Waals surface area contributed by atoms with Crippen LogP contribution in [0.15, 0.2) is 6.20 Å². The number of carboxylic acid groups (broad SMARTS) is 1. The minimum absolute atomic E-state index is 0.00549. The third-order valence-corrected chi connectivity index (χ3v) is 3.03. The van der Waals surface area contributed by atoms with Crippen molar-refractivity contribution >= 4 is 22.4 Å². The van der Waals surface area contributed by atoms with Gasteiger partial charge in [-0.3, -0.25) is 0 Å². The van der Waals surface area contributed by atoms with Gasteiger partial charge >= 0.3 is 5.97 Å². The van der Waals surface area contributed by atoms with Crippen LogP contribution in [0.5, 0.6) is 0 Å². The summed E-state index contributed by atoms with van der Waals surface area (Å²) in [6.45, 7) is 2.37. The first-order chi connectivity index (χ1) is 7.75. The van der Waals surface area contributed by atoms with E-state index in [-0.39, 0.29) is 11.0 Å². The predicted molar refractivity (Wildman–Crippen MR) is 58.1 cm³/mol. The first-order valence-corrected chi connectivity index (χ1v) is 5.69. The fraction of sp³-hybridized carbons (Fsp3) is 0.556. The Bertz CT molecular complexity index is 362. The number of aromatic carboxylic acids is 1. The number of nitrogens with one attached hydrogen (secondary N) is 1. The molecule has 1 aromatic heterocycles. The van der Waals surface area contributed by atoms with Gasteiger partial charge in [-0.25, -0.2) is 9.78 Å². The van der Waals surface area contributed by atoms with Crippen LogP contribution >= 0.6 is 11.3 Å². The molecule has 2 rings (SSSR count). The van der Waals surface area contributed by atoms with Crippen LogP contribution in [0.4, 0.5) is 5.13 Å². The zero-order valence-electron chi connectivity index (χ0n) is 8.51. The summed E-state index contributed by atoms with van der Waals surface area (Å²) < 4.78 is 10.7. The second-order valence-electron chi connectivity index (χ2n) is 3.28. The van der Waals surface area contributed by atoms with Crippen molar-refractivity contribution in [2.24, 2.45) is 0 Å². The molecule has 0 radical (unpaired) electrons. The number of rotatable bonds is 4. The fourth-order valence-electron chi connectivity index (χ4n) is 1.31. The van der Waals surface area contributed by atoms with Crippen molar-refractivity contribution in [2.75, 3.05) is 31.7 Å². The van der Waals surface area contributed by atoms with Gasteiger partial charge in [0.25, 0.3) is 0 Å². The summed E-state index contributed by atoms with van der Waals surface area (Å²) in [5.41, 5.74) is 0. The maximum atomic E-state index is 10.6. The van der Waals surface area contributed by atoms with E-state index in [9.17, 15) is 4.79 Å². The third-order valence-electron chi connectivity index (χ3n) is 2.08. The van der Waals surface area contributed by atoms with Gasteiger partial charge in [0.1, 0.15) is 4.88 Å². The molecule has 1 aliphatic rings. The van der Waals surface area contributed by atoms with Crippen LogP contribution in [-0.4, -0.2) is 48.5 Å². The van der Waals surface area contributed by atoms with E-state index in [1.807, 2.05) is 0 Å². The van der Waals surface area contributed by atoms with E-state index in [4.69, 9.17) is 14.6 Å². The minimum atomic E-state index is -0.956. The highest BCUT2D eigenvalue weighted by Crippen LogP contribution is 2.18. The Labute approximate surface area is 96.2 Å². The first kappa shape index (κ1) is 11.3. The number of anilines is 1. The average molecular weight is 244 g/mol. The van der Waals surface area contributed by atoms with Crippen LogP contribution in [0.1, 0.15) is 9.67 Å². The maximum absolute atomic E-state index is 10.6. The smallest absolute Gasteiger partial charge is 0.347 e. The molecule has 0 saturated carbocycles. The summed E-state index contributed by atoms with van der Waals surface area (Å²) in [5, 5.41) is 12.3. The van der Waals surface area contributed by atoms with Crippen LogP contribution in [0, 0.1) is 0 Å². The molecule has 1 atom stereocenters. The van der Waals surface area contributed by atoms with Crippen molar-refractivity contribution in [1.29, 1.82) is 0 Å². The molecule has 0 aliphatic carbocycles. The molecule has 6 nitrogen and oxygen atoms in total. The summed E-state index contributed by atoms with van der Waals surface area (Å²) in [6.07, 6.45) is 1.35. The van der Waals surface area contributed by atoms with E-state index in [1.165, 1.54) is 6.20 Å². The van der Waals surface area contributed by atoms with E-state index in [0.29, 0.717) is 31.5 Å². The molecular formula is C9H12N2O4S. The van der Waals surface area contributed by atoms with Crippen molar-refractivity contribution < 1.29 is 19.4 Å². The number of hydrogen-bond donors (Lipinski definition) is 2. The molecule has 1 aromatic rings. The van der Waals surface area contributed by atoms with Gasteiger partial charge in [-0.1, -0.05) is 11.3 Å². The van der Waals surface area contributed by atoms with Gasteiger partial charge in [0.15, 0.2) is 5.13 Å². The molecule has 1 aliphatic heterocycles. The van der Waals surface area contributed by atoms with Gasteiger partial charge in [0.05, 0.1) is 32.1 Å². The Morgan fingerprint density at radius 2 is 2.56 bits per heavy atom.